The van der Waals surface area contributed by atoms with Gasteiger partial charge in [-0.05, 0) is 11.6 Å². The number of nitrogens with zero attached hydrogens (tertiary/aromatic N) is 1. The molecule has 78 valence electrons. The summed E-state index contributed by atoms with van der Waals surface area (Å²) in [4.78, 5) is 23.7. The molecule has 0 saturated carbocycles. The normalized spacial score (nSPS) is 15.2. The quantitative estimate of drug-likeness (QED) is 0.647. The molecular formula is C10H11N3O2. The smallest absolute Gasteiger partial charge is 0.315 e. The van der Waals surface area contributed by atoms with E-state index in [0.717, 1.165) is 11.3 Å². The van der Waals surface area contributed by atoms with Crippen molar-refractivity contribution in [1.82, 2.24) is 4.90 Å². The molecular weight excluding hydrogens is 194 g/mol. The maximum Gasteiger partial charge on any atom is 0.315 e. The predicted molar refractivity (Wildman–Crippen MR) is 55.1 cm³/mol. The second-order valence-corrected chi connectivity index (χ2v) is 3.40. The monoisotopic (exact) mass is 205 g/mol. The Morgan fingerprint density at radius 3 is 2.80 bits per heavy atom. The highest BCUT2D eigenvalue weighted by Crippen LogP contribution is 2.19. The van der Waals surface area contributed by atoms with Gasteiger partial charge in [0.2, 0.25) is 5.91 Å². The first kappa shape index (κ1) is 9.51. The van der Waals surface area contributed by atoms with Gasteiger partial charge in [0.25, 0.3) is 0 Å². The minimum Gasteiger partial charge on any atom is -0.351 e. The number of urea groups is 1. The van der Waals surface area contributed by atoms with E-state index in [4.69, 9.17) is 5.73 Å². The zero-order valence-electron chi connectivity index (χ0n) is 8.06. The molecule has 1 aromatic carbocycles. The molecule has 1 heterocycles. The number of carbonyl (C=O) groups is 2. The van der Waals surface area contributed by atoms with Crippen LogP contribution in [0.4, 0.5) is 10.5 Å². The molecule has 1 aliphatic rings. The molecule has 0 aliphatic carbocycles. The van der Waals surface area contributed by atoms with Crippen molar-refractivity contribution in [1.29, 1.82) is 0 Å². The molecule has 0 atom stereocenters. The fourth-order valence-corrected chi connectivity index (χ4v) is 1.56. The van der Waals surface area contributed by atoms with E-state index in [9.17, 15) is 9.59 Å². The third kappa shape index (κ3) is 1.90. The van der Waals surface area contributed by atoms with E-state index in [1.807, 2.05) is 18.2 Å². The molecule has 0 bridgehead atoms. The lowest BCUT2D eigenvalue weighted by atomic mass is 10.2. The van der Waals surface area contributed by atoms with Crippen molar-refractivity contribution in [3.05, 3.63) is 29.8 Å². The van der Waals surface area contributed by atoms with Crippen molar-refractivity contribution in [2.24, 2.45) is 5.73 Å². The Hall–Kier alpha value is -2.04. The van der Waals surface area contributed by atoms with Gasteiger partial charge in [0.15, 0.2) is 0 Å². The molecule has 0 spiro atoms. The molecule has 1 aliphatic heterocycles. The van der Waals surface area contributed by atoms with Crippen LogP contribution in [-0.4, -0.2) is 23.4 Å². The maximum absolute atomic E-state index is 11.4. The molecule has 3 N–H and O–H groups in total. The van der Waals surface area contributed by atoms with Gasteiger partial charge < -0.3 is 16.0 Å². The van der Waals surface area contributed by atoms with Gasteiger partial charge >= 0.3 is 6.03 Å². The van der Waals surface area contributed by atoms with Gasteiger partial charge in [0.05, 0.1) is 6.54 Å². The number of anilines is 1. The highest BCUT2D eigenvalue weighted by molar-refractivity contribution is 5.95. The lowest BCUT2D eigenvalue weighted by molar-refractivity contribution is -0.116. The molecule has 1 aromatic rings. The largest absolute Gasteiger partial charge is 0.351 e. The van der Waals surface area contributed by atoms with E-state index in [1.54, 1.807) is 6.07 Å². The van der Waals surface area contributed by atoms with Crippen LogP contribution in [0.3, 0.4) is 0 Å². The fourth-order valence-electron chi connectivity index (χ4n) is 1.56. The van der Waals surface area contributed by atoms with Crippen LogP contribution in [0.25, 0.3) is 0 Å². The van der Waals surface area contributed by atoms with E-state index in [1.165, 1.54) is 4.90 Å². The van der Waals surface area contributed by atoms with Crippen LogP contribution in [0, 0.1) is 0 Å². The second kappa shape index (κ2) is 3.61. The van der Waals surface area contributed by atoms with Gasteiger partial charge in [-0.15, -0.1) is 0 Å². The van der Waals surface area contributed by atoms with Crippen molar-refractivity contribution in [2.45, 2.75) is 6.54 Å². The number of benzene rings is 1. The SMILES string of the molecule is NC(=O)N1CC(=O)Nc2ccccc2C1. The number of fused-ring (bicyclic) bond motifs is 1. The van der Waals surface area contributed by atoms with Crippen LogP contribution in [0.1, 0.15) is 5.56 Å². The number of para-hydroxylation sites is 1. The summed E-state index contributed by atoms with van der Waals surface area (Å²) < 4.78 is 0. The van der Waals surface area contributed by atoms with Gasteiger partial charge in [0.1, 0.15) is 6.54 Å². The molecule has 5 heteroatoms. The van der Waals surface area contributed by atoms with Crippen LogP contribution in [0.2, 0.25) is 0 Å². The Kier molecular flexibility index (Phi) is 2.29. The summed E-state index contributed by atoms with van der Waals surface area (Å²) in [5.74, 6) is -0.223. The summed E-state index contributed by atoms with van der Waals surface area (Å²) in [7, 11) is 0. The first-order valence-electron chi connectivity index (χ1n) is 4.59. The summed E-state index contributed by atoms with van der Waals surface area (Å²) in [5.41, 5.74) is 6.80. The zero-order valence-corrected chi connectivity index (χ0v) is 8.06. The number of hydrogen-bond acceptors (Lipinski definition) is 2. The van der Waals surface area contributed by atoms with Crippen LogP contribution in [0.15, 0.2) is 24.3 Å². The van der Waals surface area contributed by atoms with Gasteiger partial charge in [-0.25, -0.2) is 4.79 Å². The van der Waals surface area contributed by atoms with Crippen molar-refractivity contribution in [2.75, 3.05) is 11.9 Å². The minimum absolute atomic E-state index is 0.00398. The zero-order chi connectivity index (χ0) is 10.8. The van der Waals surface area contributed by atoms with Crippen molar-refractivity contribution in [3.8, 4) is 0 Å². The Morgan fingerprint density at radius 2 is 2.07 bits per heavy atom. The topological polar surface area (TPSA) is 75.4 Å². The van der Waals surface area contributed by atoms with Gasteiger partial charge in [-0.3, -0.25) is 4.79 Å². The van der Waals surface area contributed by atoms with E-state index in [0.29, 0.717) is 6.54 Å². The maximum atomic E-state index is 11.4. The molecule has 15 heavy (non-hydrogen) atoms. The average molecular weight is 205 g/mol. The van der Waals surface area contributed by atoms with E-state index in [2.05, 4.69) is 5.32 Å². The summed E-state index contributed by atoms with van der Waals surface area (Å²) in [6.45, 7) is 0.369. The number of amides is 3. The van der Waals surface area contributed by atoms with Crippen LogP contribution >= 0.6 is 0 Å². The minimum atomic E-state index is -0.582. The number of nitrogens with two attached hydrogens (primary N) is 1. The third-order valence-electron chi connectivity index (χ3n) is 2.30. The predicted octanol–water partition coefficient (Wildman–Crippen LogP) is 0.519. The number of carbonyl (C=O) groups excluding carboxylic acids is 2. The molecule has 3 amide bonds. The van der Waals surface area contributed by atoms with Crippen LogP contribution in [-0.2, 0) is 11.3 Å². The second-order valence-electron chi connectivity index (χ2n) is 3.40. The molecule has 5 nitrogen and oxygen atoms in total. The Morgan fingerprint density at radius 1 is 1.33 bits per heavy atom. The highest BCUT2D eigenvalue weighted by atomic mass is 16.2. The Bertz CT molecular complexity index is 417. The molecule has 0 aromatic heterocycles. The number of nitrogens with one attached hydrogen (secondary N) is 1. The van der Waals surface area contributed by atoms with E-state index < -0.39 is 6.03 Å². The van der Waals surface area contributed by atoms with E-state index in [-0.39, 0.29) is 12.5 Å². The average Bonchev–Trinajstić information content (AvgIpc) is 2.35. The molecule has 0 saturated heterocycles. The van der Waals surface area contributed by atoms with Crippen molar-refractivity contribution in [3.63, 3.8) is 0 Å². The molecule has 2 rings (SSSR count). The summed E-state index contributed by atoms with van der Waals surface area (Å²) in [6, 6.07) is 6.77. The van der Waals surface area contributed by atoms with Crippen LogP contribution < -0.4 is 11.1 Å². The highest BCUT2D eigenvalue weighted by Gasteiger charge is 2.20. The number of hydrogen-bond donors (Lipinski definition) is 2. The van der Waals surface area contributed by atoms with E-state index >= 15 is 0 Å². The van der Waals surface area contributed by atoms with Crippen LogP contribution in [0.5, 0.6) is 0 Å². The third-order valence-corrected chi connectivity index (χ3v) is 2.30. The molecule has 0 radical (unpaired) electrons. The first-order chi connectivity index (χ1) is 7.16. The van der Waals surface area contributed by atoms with Gasteiger partial charge in [-0.2, -0.15) is 0 Å². The fraction of sp³-hybridized carbons (Fsp3) is 0.200. The van der Waals surface area contributed by atoms with Crippen molar-refractivity contribution < 1.29 is 9.59 Å². The number of rotatable bonds is 0. The summed E-state index contributed by atoms with van der Waals surface area (Å²) in [5, 5.41) is 2.72. The number of primary amides is 1. The summed E-state index contributed by atoms with van der Waals surface area (Å²) in [6.07, 6.45) is 0. The summed E-state index contributed by atoms with van der Waals surface area (Å²) >= 11 is 0. The van der Waals surface area contributed by atoms with Gasteiger partial charge in [0, 0.05) is 5.69 Å². The Labute approximate surface area is 86.9 Å². The lowest BCUT2D eigenvalue weighted by Crippen LogP contribution is -2.38. The molecule has 0 fully saturated rings. The lowest BCUT2D eigenvalue weighted by Gasteiger charge is -2.15. The van der Waals surface area contributed by atoms with Crippen molar-refractivity contribution >= 4 is 17.6 Å². The molecule has 0 unspecified atom stereocenters. The Balaban J connectivity index is 2.35. The first-order valence-corrected chi connectivity index (χ1v) is 4.59. The standard InChI is InChI=1S/C10H11N3O2/c11-10(15)13-5-7-3-1-2-4-8(7)12-9(14)6-13/h1-4H,5-6H2,(H2,11,15)(H,12,14). The van der Waals surface area contributed by atoms with Gasteiger partial charge in [-0.1, -0.05) is 18.2 Å².